The van der Waals surface area contributed by atoms with Crippen LogP contribution in [0.3, 0.4) is 0 Å². The van der Waals surface area contributed by atoms with E-state index in [1.165, 1.54) is 18.2 Å². The zero-order valence-electron chi connectivity index (χ0n) is 9.00. The predicted octanol–water partition coefficient (Wildman–Crippen LogP) is 0.330. The molecule has 0 bridgehead atoms. The normalized spacial score (nSPS) is 26.5. The molecule has 1 amide bonds. The van der Waals surface area contributed by atoms with E-state index in [1.54, 1.807) is 6.07 Å². The fourth-order valence-electron chi connectivity index (χ4n) is 2.24. The van der Waals surface area contributed by atoms with Crippen LogP contribution in [0.25, 0.3) is 0 Å². The molecule has 0 saturated heterocycles. The zero-order chi connectivity index (χ0) is 12.6. The molecule has 0 aromatic heterocycles. The van der Waals surface area contributed by atoms with Gasteiger partial charge < -0.3 is 10.8 Å². The number of nitrogens with zero attached hydrogens (tertiary/aromatic N) is 1. The number of carbonyl (C=O) groups excluding carboxylic acids is 1. The summed E-state index contributed by atoms with van der Waals surface area (Å²) in [6.07, 6.45) is 0.444. The first-order valence-electron chi connectivity index (χ1n) is 5.18. The van der Waals surface area contributed by atoms with Crippen molar-refractivity contribution < 1.29 is 14.8 Å². The van der Waals surface area contributed by atoms with Crippen LogP contribution < -0.4 is 5.73 Å². The van der Waals surface area contributed by atoms with Gasteiger partial charge in [0, 0.05) is 24.7 Å². The average molecular weight is 236 g/mol. The molecular weight excluding hydrogens is 224 g/mol. The van der Waals surface area contributed by atoms with Crippen molar-refractivity contribution >= 4 is 11.6 Å². The maximum Gasteiger partial charge on any atom is 0.269 e. The number of aliphatic hydroxyl groups is 1. The number of amides is 1. The highest BCUT2D eigenvalue weighted by atomic mass is 16.6. The molecule has 0 aliphatic heterocycles. The van der Waals surface area contributed by atoms with Crippen molar-refractivity contribution in [1.82, 2.24) is 0 Å². The highest BCUT2D eigenvalue weighted by molar-refractivity contribution is 5.90. The van der Waals surface area contributed by atoms with Crippen molar-refractivity contribution in [2.75, 3.05) is 6.61 Å². The number of nitro benzene ring substituents is 1. The van der Waals surface area contributed by atoms with Gasteiger partial charge in [-0.15, -0.1) is 0 Å². The number of nitrogens with two attached hydrogens (primary N) is 1. The monoisotopic (exact) mass is 236 g/mol. The smallest absolute Gasteiger partial charge is 0.269 e. The number of hydrogen-bond donors (Lipinski definition) is 2. The standard InChI is InChI=1S/C11H12N2O4/c12-10(15)11(5-8(11)6-14)7-2-1-3-9(4-7)13(16)17/h1-4,8,14H,5-6H2,(H2,12,15). The summed E-state index contributed by atoms with van der Waals surface area (Å²) >= 11 is 0. The molecule has 1 aliphatic rings. The highest BCUT2D eigenvalue weighted by Gasteiger charge is 2.59. The number of carbonyl (C=O) groups is 1. The minimum Gasteiger partial charge on any atom is -0.396 e. The Hall–Kier alpha value is -1.95. The van der Waals surface area contributed by atoms with Crippen LogP contribution in [0.2, 0.25) is 0 Å². The van der Waals surface area contributed by atoms with Gasteiger partial charge in [-0.3, -0.25) is 14.9 Å². The molecule has 1 saturated carbocycles. The summed E-state index contributed by atoms with van der Waals surface area (Å²) in [5.74, 6) is -0.779. The maximum absolute atomic E-state index is 11.5. The summed E-state index contributed by atoms with van der Waals surface area (Å²) in [5, 5.41) is 19.8. The largest absolute Gasteiger partial charge is 0.396 e. The molecule has 6 heteroatoms. The van der Waals surface area contributed by atoms with E-state index in [-0.39, 0.29) is 18.2 Å². The molecular formula is C11H12N2O4. The molecule has 1 fully saturated rings. The van der Waals surface area contributed by atoms with E-state index < -0.39 is 16.2 Å². The van der Waals surface area contributed by atoms with Gasteiger partial charge in [-0.25, -0.2) is 0 Å². The zero-order valence-corrected chi connectivity index (χ0v) is 9.00. The van der Waals surface area contributed by atoms with Crippen LogP contribution in [0.5, 0.6) is 0 Å². The Kier molecular flexibility index (Phi) is 2.59. The molecule has 0 heterocycles. The number of non-ortho nitro benzene ring substituents is 1. The molecule has 0 radical (unpaired) electrons. The topological polar surface area (TPSA) is 106 Å². The van der Waals surface area contributed by atoms with E-state index in [0.29, 0.717) is 12.0 Å². The Morgan fingerprint density at radius 3 is 2.82 bits per heavy atom. The second-order valence-corrected chi connectivity index (χ2v) is 4.23. The van der Waals surface area contributed by atoms with Gasteiger partial charge in [0.25, 0.3) is 5.69 Å². The van der Waals surface area contributed by atoms with Crippen molar-refractivity contribution in [2.24, 2.45) is 11.7 Å². The van der Waals surface area contributed by atoms with Gasteiger partial charge in [0.2, 0.25) is 5.91 Å². The number of rotatable bonds is 4. The van der Waals surface area contributed by atoms with Gasteiger partial charge in [0.15, 0.2) is 0 Å². The molecule has 2 unspecified atom stereocenters. The van der Waals surface area contributed by atoms with Crippen molar-refractivity contribution in [3.63, 3.8) is 0 Å². The fourth-order valence-corrected chi connectivity index (χ4v) is 2.24. The lowest BCUT2D eigenvalue weighted by atomic mass is 9.92. The van der Waals surface area contributed by atoms with E-state index in [9.17, 15) is 14.9 Å². The Labute approximate surface area is 97.2 Å². The molecule has 3 N–H and O–H groups in total. The minimum atomic E-state index is -0.930. The second kappa shape index (κ2) is 3.81. The van der Waals surface area contributed by atoms with E-state index in [0.717, 1.165) is 0 Å². The molecule has 2 rings (SSSR count). The predicted molar refractivity (Wildman–Crippen MR) is 59.2 cm³/mol. The lowest BCUT2D eigenvalue weighted by molar-refractivity contribution is -0.384. The molecule has 17 heavy (non-hydrogen) atoms. The van der Waals surface area contributed by atoms with Gasteiger partial charge in [-0.2, -0.15) is 0 Å². The van der Waals surface area contributed by atoms with Crippen LogP contribution in [-0.2, 0) is 10.2 Å². The summed E-state index contributed by atoms with van der Waals surface area (Å²) in [7, 11) is 0. The van der Waals surface area contributed by atoms with Crippen molar-refractivity contribution in [2.45, 2.75) is 11.8 Å². The SMILES string of the molecule is NC(=O)C1(c2cccc([N+](=O)[O-])c2)CC1CO. The number of aliphatic hydroxyl groups excluding tert-OH is 1. The average Bonchev–Trinajstić information content (AvgIpc) is 3.05. The first kappa shape index (κ1) is 11.5. The third-order valence-electron chi connectivity index (χ3n) is 3.34. The van der Waals surface area contributed by atoms with Crippen molar-refractivity contribution in [3.8, 4) is 0 Å². The Morgan fingerprint density at radius 2 is 2.35 bits per heavy atom. The number of nitro groups is 1. The van der Waals surface area contributed by atoms with E-state index in [2.05, 4.69) is 0 Å². The summed E-state index contributed by atoms with van der Waals surface area (Å²) in [6, 6.07) is 5.85. The third-order valence-corrected chi connectivity index (χ3v) is 3.34. The lowest BCUT2D eigenvalue weighted by Gasteiger charge is -2.12. The lowest BCUT2D eigenvalue weighted by Crippen LogP contribution is -2.31. The fraction of sp³-hybridized carbons (Fsp3) is 0.364. The van der Waals surface area contributed by atoms with Crippen LogP contribution >= 0.6 is 0 Å². The quantitative estimate of drug-likeness (QED) is 0.580. The van der Waals surface area contributed by atoms with E-state index in [4.69, 9.17) is 10.8 Å². The van der Waals surface area contributed by atoms with Gasteiger partial charge in [-0.05, 0) is 12.0 Å². The van der Waals surface area contributed by atoms with Gasteiger partial charge in [0.05, 0.1) is 10.3 Å². The number of primary amides is 1. The van der Waals surface area contributed by atoms with E-state index >= 15 is 0 Å². The van der Waals surface area contributed by atoms with Crippen LogP contribution in [0.4, 0.5) is 5.69 Å². The Bertz CT molecular complexity index is 488. The highest BCUT2D eigenvalue weighted by Crippen LogP contribution is 2.54. The molecule has 1 aromatic rings. The van der Waals surface area contributed by atoms with Crippen molar-refractivity contribution in [1.29, 1.82) is 0 Å². The first-order valence-corrected chi connectivity index (χ1v) is 5.18. The minimum absolute atomic E-state index is 0.0771. The maximum atomic E-state index is 11.5. The van der Waals surface area contributed by atoms with Gasteiger partial charge >= 0.3 is 0 Å². The molecule has 0 spiro atoms. The van der Waals surface area contributed by atoms with Crippen LogP contribution in [0, 0.1) is 16.0 Å². The van der Waals surface area contributed by atoms with Gasteiger partial charge in [-0.1, -0.05) is 12.1 Å². The van der Waals surface area contributed by atoms with Crippen LogP contribution in [-0.4, -0.2) is 22.5 Å². The summed E-state index contributed by atoms with van der Waals surface area (Å²) in [5.41, 5.74) is 4.84. The summed E-state index contributed by atoms with van der Waals surface area (Å²) < 4.78 is 0. The Balaban J connectivity index is 2.43. The van der Waals surface area contributed by atoms with Crippen molar-refractivity contribution in [3.05, 3.63) is 39.9 Å². The molecule has 1 aliphatic carbocycles. The van der Waals surface area contributed by atoms with Gasteiger partial charge in [0.1, 0.15) is 0 Å². The third kappa shape index (κ3) is 1.66. The first-order chi connectivity index (χ1) is 8.02. The molecule has 6 nitrogen and oxygen atoms in total. The number of benzene rings is 1. The molecule has 1 aromatic carbocycles. The van der Waals surface area contributed by atoms with Crippen LogP contribution in [0.1, 0.15) is 12.0 Å². The number of hydrogen-bond acceptors (Lipinski definition) is 4. The Morgan fingerprint density at radius 1 is 1.65 bits per heavy atom. The molecule has 2 atom stereocenters. The van der Waals surface area contributed by atoms with E-state index in [1.807, 2.05) is 0 Å². The molecule has 90 valence electrons. The van der Waals surface area contributed by atoms with Crippen LogP contribution in [0.15, 0.2) is 24.3 Å². The summed E-state index contributed by atoms with van der Waals surface area (Å²) in [4.78, 5) is 21.6. The summed E-state index contributed by atoms with van der Waals surface area (Å²) in [6.45, 7) is -0.147. The second-order valence-electron chi connectivity index (χ2n) is 4.23.